The Bertz CT molecular complexity index is 904. The molecule has 0 spiro atoms. The van der Waals surface area contributed by atoms with E-state index in [1.165, 1.54) is 12.3 Å². The van der Waals surface area contributed by atoms with Gasteiger partial charge in [-0.25, -0.2) is 9.18 Å². The molecule has 7 heteroatoms. The molecule has 0 amide bonds. The van der Waals surface area contributed by atoms with Gasteiger partial charge in [0.15, 0.2) is 0 Å². The van der Waals surface area contributed by atoms with E-state index in [1.807, 2.05) is 0 Å². The number of allylic oxidation sites excluding steroid dienone is 2. The first-order valence-electron chi connectivity index (χ1n) is 7.81. The molecule has 1 unspecified atom stereocenters. The van der Waals surface area contributed by atoms with Crippen LogP contribution >= 0.6 is 0 Å². The number of hydrogen-bond donors (Lipinski definition) is 2. The van der Waals surface area contributed by atoms with E-state index in [0.717, 1.165) is 0 Å². The van der Waals surface area contributed by atoms with Crippen LogP contribution in [0.5, 0.6) is 0 Å². The Morgan fingerprint density at radius 1 is 1.28 bits per heavy atom. The molecule has 0 aliphatic carbocycles. The lowest BCUT2D eigenvalue weighted by molar-refractivity contribution is 0.0776. The number of rotatable bonds is 3. The topological polar surface area (TPSA) is 80.4 Å². The largest absolute Gasteiger partial charge is 0.513 e. The number of carbonyl (C=O) groups excluding carboxylic acids is 1. The minimum atomic E-state index is -0.907. The van der Waals surface area contributed by atoms with E-state index in [-0.39, 0.29) is 23.5 Å². The zero-order chi connectivity index (χ0) is 18.0. The van der Waals surface area contributed by atoms with Crippen LogP contribution in [0.15, 0.2) is 52.8 Å². The number of pyridine rings is 1. The van der Waals surface area contributed by atoms with Crippen molar-refractivity contribution in [1.29, 1.82) is 0 Å². The molecule has 1 aliphatic rings. The Morgan fingerprint density at radius 3 is 2.76 bits per heavy atom. The molecule has 6 nitrogen and oxygen atoms in total. The van der Waals surface area contributed by atoms with Crippen LogP contribution in [-0.4, -0.2) is 17.7 Å². The van der Waals surface area contributed by atoms with E-state index in [2.05, 4.69) is 10.3 Å². The predicted octanol–water partition coefficient (Wildman–Crippen LogP) is 3.48. The van der Waals surface area contributed by atoms with Crippen LogP contribution in [-0.2, 0) is 9.47 Å². The summed E-state index contributed by atoms with van der Waals surface area (Å²) >= 11 is 0. The number of hydrogen-bond acceptors (Lipinski definition) is 5. The normalized spacial score (nSPS) is 16.0. The monoisotopic (exact) mass is 344 g/mol. The van der Waals surface area contributed by atoms with Crippen molar-refractivity contribution in [2.24, 2.45) is 0 Å². The average Bonchev–Trinajstić information content (AvgIpc) is 2.57. The number of aromatic amines is 1. The summed E-state index contributed by atoms with van der Waals surface area (Å²) < 4.78 is 24.6. The lowest BCUT2D eigenvalue weighted by atomic mass is 9.86. The molecule has 1 aromatic carbocycles. The second kappa shape index (κ2) is 6.80. The summed E-state index contributed by atoms with van der Waals surface area (Å²) in [5, 5.41) is 3.02. The van der Waals surface area contributed by atoms with Gasteiger partial charge in [0.1, 0.15) is 11.6 Å². The predicted molar refractivity (Wildman–Crippen MR) is 89.7 cm³/mol. The summed E-state index contributed by atoms with van der Waals surface area (Å²) in [6.45, 7) is 3.47. The third kappa shape index (κ3) is 3.13. The Labute approximate surface area is 143 Å². The number of halogens is 1. The highest BCUT2D eigenvalue weighted by atomic mass is 19.1. The first kappa shape index (κ1) is 16.8. The van der Waals surface area contributed by atoms with Gasteiger partial charge < -0.3 is 19.8 Å². The van der Waals surface area contributed by atoms with Crippen molar-refractivity contribution in [3.63, 3.8) is 0 Å². The summed E-state index contributed by atoms with van der Waals surface area (Å²) in [6.07, 6.45) is 0.590. The third-order valence-electron chi connectivity index (χ3n) is 3.91. The van der Waals surface area contributed by atoms with Crippen molar-refractivity contribution < 1.29 is 18.7 Å². The second-order valence-electron chi connectivity index (χ2n) is 5.49. The number of ether oxygens (including phenoxy) is 2. The van der Waals surface area contributed by atoms with Gasteiger partial charge in [0.2, 0.25) is 0 Å². The molecule has 130 valence electrons. The van der Waals surface area contributed by atoms with Crippen LogP contribution in [0.1, 0.15) is 30.9 Å². The van der Waals surface area contributed by atoms with E-state index in [0.29, 0.717) is 11.4 Å². The fourth-order valence-electron chi connectivity index (χ4n) is 2.88. The van der Waals surface area contributed by atoms with Gasteiger partial charge in [0, 0.05) is 17.4 Å². The fourth-order valence-corrected chi connectivity index (χ4v) is 2.88. The van der Waals surface area contributed by atoms with Gasteiger partial charge in [0.25, 0.3) is 5.56 Å². The minimum Gasteiger partial charge on any atom is -0.434 e. The molecule has 0 bridgehead atoms. The zero-order valence-corrected chi connectivity index (χ0v) is 13.8. The van der Waals surface area contributed by atoms with Crippen LogP contribution in [0.25, 0.3) is 0 Å². The third-order valence-corrected chi connectivity index (χ3v) is 3.91. The summed E-state index contributed by atoms with van der Waals surface area (Å²) in [4.78, 5) is 26.8. The maximum absolute atomic E-state index is 14.5. The van der Waals surface area contributed by atoms with Crippen LogP contribution in [0, 0.1) is 5.82 Å². The molecule has 1 atom stereocenters. The second-order valence-corrected chi connectivity index (χ2v) is 5.49. The number of carbonyl (C=O) groups is 1. The summed E-state index contributed by atoms with van der Waals surface area (Å²) in [5.41, 5.74) is 1.15. The van der Waals surface area contributed by atoms with Gasteiger partial charge >= 0.3 is 6.16 Å². The van der Waals surface area contributed by atoms with Gasteiger partial charge in [-0.3, -0.25) is 4.79 Å². The van der Waals surface area contributed by atoms with Crippen molar-refractivity contribution in [3.8, 4) is 0 Å². The van der Waals surface area contributed by atoms with E-state index < -0.39 is 23.4 Å². The van der Waals surface area contributed by atoms with Crippen LogP contribution < -0.4 is 10.9 Å². The molecule has 25 heavy (non-hydrogen) atoms. The molecular formula is C18H17FN2O4. The lowest BCUT2D eigenvalue weighted by Crippen LogP contribution is -2.28. The SMILES string of the molecule is CCOC(=O)OC1=C(C)Nc2cc[nH]c(=O)c2C1c1ccccc1F. The standard InChI is InChI=1S/C18H17FN2O4/c1-3-24-18(23)25-16-10(2)21-13-8-9-20-17(22)15(13)14(16)11-6-4-5-7-12(11)19/h4-9,14,21H,3H2,1-2H3,(H,20,22). The quantitative estimate of drug-likeness (QED) is 0.833. The lowest BCUT2D eigenvalue weighted by Gasteiger charge is -2.29. The van der Waals surface area contributed by atoms with Crippen LogP contribution in [0.3, 0.4) is 0 Å². The summed E-state index contributed by atoms with van der Waals surface area (Å²) in [5.74, 6) is -1.24. The van der Waals surface area contributed by atoms with E-state index in [4.69, 9.17) is 9.47 Å². The Balaban J connectivity index is 2.19. The number of aromatic nitrogens is 1. The minimum absolute atomic E-state index is 0.132. The molecule has 0 saturated heterocycles. The van der Waals surface area contributed by atoms with Crippen LogP contribution in [0.4, 0.5) is 14.9 Å². The Morgan fingerprint density at radius 2 is 2.04 bits per heavy atom. The molecule has 1 aliphatic heterocycles. The summed E-state index contributed by atoms with van der Waals surface area (Å²) in [7, 11) is 0. The zero-order valence-electron chi connectivity index (χ0n) is 13.8. The molecule has 3 rings (SSSR count). The molecule has 2 N–H and O–H groups in total. The fraction of sp³-hybridized carbons (Fsp3) is 0.222. The maximum Gasteiger partial charge on any atom is 0.513 e. The van der Waals surface area contributed by atoms with Gasteiger partial charge in [-0.05, 0) is 26.0 Å². The number of anilines is 1. The average molecular weight is 344 g/mol. The number of H-pyrrole nitrogens is 1. The molecule has 1 aromatic heterocycles. The van der Waals surface area contributed by atoms with Crippen molar-refractivity contribution in [3.05, 3.63) is 75.3 Å². The van der Waals surface area contributed by atoms with Crippen molar-refractivity contribution in [1.82, 2.24) is 4.98 Å². The number of fused-ring (bicyclic) bond motifs is 1. The molecule has 0 radical (unpaired) electrons. The highest BCUT2D eigenvalue weighted by molar-refractivity contribution is 5.67. The molecule has 0 fully saturated rings. The van der Waals surface area contributed by atoms with E-state index >= 15 is 0 Å². The van der Waals surface area contributed by atoms with E-state index in [9.17, 15) is 14.0 Å². The first-order chi connectivity index (χ1) is 12.0. The van der Waals surface area contributed by atoms with Gasteiger partial charge in [-0.2, -0.15) is 0 Å². The van der Waals surface area contributed by atoms with Gasteiger partial charge in [0.05, 0.1) is 23.8 Å². The molecule has 0 saturated carbocycles. The molecule has 2 aromatic rings. The number of nitrogens with one attached hydrogen (secondary N) is 2. The van der Waals surface area contributed by atoms with Gasteiger partial charge in [-0.15, -0.1) is 0 Å². The highest BCUT2D eigenvalue weighted by Gasteiger charge is 2.35. The van der Waals surface area contributed by atoms with Gasteiger partial charge in [-0.1, -0.05) is 18.2 Å². The maximum atomic E-state index is 14.5. The Kier molecular flexibility index (Phi) is 4.56. The van der Waals surface area contributed by atoms with Crippen molar-refractivity contribution >= 4 is 11.8 Å². The van der Waals surface area contributed by atoms with Crippen molar-refractivity contribution in [2.75, 3.05) is 11.9 Å². The molecule has 2 heterocycles. The smallest absolute Gasteiger partial charge is 0.434 e. The van der Waals surface area contributed by atoms with E-state index in [1.54, 1.807) is 38.1 Å². The van der Waals surface area contributed by atoms with Crippen molar-refractivity contribution in [2.45, 2.75) is 19.8 Å². The first-order valence-corrected chi connectivity index (χ1v) is 7.81. The summed E-state index contributed by atoms with van der Waals surface area (Å²) in [6, 6.07) is 7.75. The number of benzene rings is 1. The van der Waals surface area contributed by atoms with Crippen LogP contribution in [0.2, 0.25) is 0 Å². The molecular weight excluding hydrogens is 327 g/mol. The Hall–Kier alpha value is -3.09. The highest BCUT2D eigenvalue weighted by Crippen LogP contribution is 2.41.